The first-order valence-corrected chi connectivity index (χ1v) is 4.74. The van der Waals surface area contributed by atoms with Crippen molar-refractivity contribution in [1.29, 1.82) is 0 Å². The first-order valence-electron chi connectivity index (χ1n) is 4.74. The third-order valence-corrected chi connectivity index (χ3v) is 2.82. The number of carbonyl (C=O) groups is 2. The fourth-order valence-electron chi connectivity index (χ4n) is 1.72. The van der Waals surface area contributed by atoms with Gasteiger partial charge in [-0.25, -0.2) is 0 Å². The molecule has 4 N–H and O–H groups in total. The fraction of sp³-hybridized carbons (Fsp3) is 0.778. The van der Waals surface area contributed by atoms with Gasteiger partial charge in [0.25, 0.3) is 0 Å². The zero-order valence-corrected chi connectivity index (χ0v) is 8.45. The highest BCUT2D eigenvalue weighted by Gasteiger charge is 2.38. The van der Waals surface area contributed by atoms with Gasteiger partial charge in [0.05, 0.1) is 5.41 Å². The highest BCUT2D eigenvalue weighted by atomic mass is 16.1. The number of amides is 2. The summed E-state index contributed by atoms with van der Waals surface area (Å²) in [6, 6.07) is 0. The predicted molar refractivity (Wildman–Crippen MR) is 52.2 cm³/mol. The van der Waals surface area contributed by atoms with Crippen LogP contribution in [-0.4, -0.2) is 36.3 Å². The summed E-state index contributed by atoms with van der Waals surface area (Å²) in [6.45, 7) is 3.93. The van der Waals surface area contributed by atoms with Crippen LogP contribution in [0.5, 0.6) is 0 Å². The molecule has 0 bridgehead atoms. The lowest BCUT2D eigenvalue weighted by Gasteiger charge is -2.20. The second-order valence-electron chi connectivity index (χ2n) is 4.17. The van der Waals surface area contributed by atoms with Crippen molar-refractivity contribution < 1.29 is 9.59 Å². The molecule has 0 aromatic rings. The summed E-state index contributed by atoms with van der Waals surface area (Å²) in [7, 11) is 0. The van der Waals surface area contributed by atoms with Crippen LogP contribution in [0.1, 0.15) is 19.8 Å². The Hall–Kier alpha value is -1.10. The number of primary amides is 2. The van der Waals surface area contributed by atoms with Gasteiger partial charge in [-0.2, -0.15) is 0 Å². The van der Waals surface area contributed by atoms with Crippen LogP contribution < -0.4 is 11.5 Å². The van der Waals surface area contributed by atoms with E-state index < -0.39 is 5.41 Å². The van der Waals surface area contributed by atoms with Gasteiger partial charge in [0, 0.05) is 19.5 Å². The van der Waals surface area contributed by atoms with Gasteiger partial charge in [0.2, 0.25) is 11.8 Å². The molecular formula is C9H17N3O2. The van der Waals surface area contributed by atoms with E-state index in [0.717, 1.165) is 13.0 Å². The topological polar surface area (TPSA) is 89.4 Å². The molecule has 0 aromatic heterocycles. The van der Waals surface area contributed by atoms with Gasteiger partial charge >= 0.3 is 0 Å². The second kappa shape index (κ2) is 3.96. The summed E-state index contributed by atoms with van der Waals surface area (Å²) >= 11 is 0. The quantitative estimate of drug-likeness (QED) is 0.612. The summed E-state index contributed by atoms with van der Waals surface area (Å²) in [5, 5.41) is 0. The molecule has 0 radical (unpaired) electrons. The molecular weight excluding hydrogens is 182 g/mol. The Morgan fingerprint density at radius 1 is 1.43 bits per heavy atom. The van der Waals surface area contributed by atoms with E-state index in [4.69, 9.17) is 11.5 Å². The zero-order chi connectivity index (χ0) is 10.8. The third kappa shape index (κ3) is 2.45. The first-order chi connectivity index (χ1) is 6.44. The van der Waals surface area contributed by atoms with Crippen LogP contribution in [0.4, 0.5) is 0 Å². The summed E-state index contributed by atoms with van der Waals surface area (Å²) in [6.07, 6.45) is 1.11. The summed E-state index contributed by atoms with van der Waals surface area (Å²) in [5.41, 5.74) is 9.90. The number of nitrogens with two attached hydrogens (primary N) is 2. The molecule has 5 nitrogen and oxygen atoms in total. The van der Waals surface area contributed by atoms with Crippen molar-refractivity contribution in [2.75, 3.05) is 19.6 Å². The van der Waals surface area contributed by atoms with Gasteiger partial charge in [-0.1, -0.05) is 0 Å². The van der Waals surface area contributed by atoms with Crippen molar-refractivity contribution in [2.24, 2.45) is 16.9 Å². The van der Waals surface area contributed by atoms with Crippen molar-refractivity contribution in [3.63, 3.8) is 0 Å². The lowest BCUT2D eigenvalue weighted by molar-refractivity contribution is -0.126. The summed E-state index contributed by atoms with van der Waals surface area (Å²) in [4.78, 5) is 23.7. The van der Waals surface area contributed by atoms with Crippen molar-refractivity contribution in [3.05, 3.63) is 0 Å². The fourth-order valence-corrected chi connectivity index (χ4v) is 1.72. The summed E-state index contributed by atoms with van der Waals surface area (Å²) in [5.74, 6) is -0.572. The number of nitrogens with zero attached hydrogens (tertiary/aromatic N) is 1. The molecule has 0 saturated carbocycles. The molecule has 80 valence electrons. The van der Waals surface area contributed by atoms with Crippen LogP contribution in [0.15, 0.2) is 0 Å². The molecule has 0 spiro atoms. The molecule has 1 unspecified atom stereocenters. The molecule has 0 aliphatic carbocycles. The molecule has 1 atom stereocenters. The Kier molecular flexibility index (Phi) is 3.10. The predicted octanol–water partition coefficient (Wildman–Crippen LogP) is -0.941. The second-order valence-corrected chi connectivity index (χ2v) is 4.17. The van der Waals surface area contributed by atoms with Crippen LogP contribution >= 0.6 is 0 Å². The van der Waals surface area contributed by atoms with Gasteiger partial charge in [-0.3, -0.25) is 9.59 Å². The van der Waals surface area contributed by atoms with E-state index in [-0.39, 0.29) is 11.8 Å². The molecule has 2 amide bonds. The van der Waals surface area contributed by atoms with E-state index in [1.165, 1.54) is 0 Å². The van der Waals surface area contributed by atoms with E-state index >= 15 is 0 Å². The Bertz CT molecular complexity index is 254. The Morgan fingerprint density at radius 2 is 2.07 bits per heavy atom. The van der Waals surface area contributed by atoms with E-state index in [2.05, 4.69) is 4.90 Å². The minimum absolute atomic E-state index is 0.265. The molecule has 14 heavy (non-hydrogen) atoms. The lowest BCUT2D eigenvalue weighted by Crippen LogP contribution is -2.37. The highest BCUT2D eigenvalue weighted by Crippen LogP contribution is 2.29. The Labute approximate surface area is 83.4 Å². The molecule has 1 fully saturated rings. The van der Waals surface area contributed by atoms with Crippen LogP contribution in [0.3, 0.4) is 0 Å². The van der Waals surface area contributed by atoms with Crippen LogP contribution in [0, 0.1) is 5.41 Å². The smallest absolute Gasteiger partial charge is 0.224 e. The first kappa shape index (κ1) is 11.0. The van der Waals surface area contributed by atoms with Gasteiger partial charge in [-0.05, 0) is 19.9 Å². The molecule has 1 heterocycles. The molecule has 1 aliphatic heterocycles. The Balaban J connectivity index is 2.41. The minimum atomic E-state index is -0.433. The normalized spacial score (nSPS) is 27.8. The van der Waals surface area contributed by atoms with Crippen molar-refractivity contribution in [2.45, 2.75) is 19.8 Å². The average Bonchev–Trinajstić information content (AvgIpc) is 2.45. The van der Waals surface area contributed by atoms with E-state index in [0.29, 0.717) is 19.5 Å². The minimum Gasteiger partial charge on any atom is -0.370 e. The molecule has 1 aliphatic rings. The lowest BCUT2D eigenvalue weighted by atomic mass is 9.89. The van der Waals surface area contributed by atoms with E-state index in [9.17, 15) is 9.59 Å². The average molecular weight is 199 g/mol. The number of rotatable bonds is 4. The Morgan fingerprint density at radius 3 is 2.50 bits per heavy atom. The maximum Gasteiger partial charge on any atom is 0.224 e. The van der Waals surface area contributed by atoms with Crippen molar-refractivity contribution in [1.82, 2.24) is 4.90 Å². The van der Waals surface area contributed by atoms with Gasteiger partial charge in [-0.15, -0.1) is 0 Å². The standard InChI is InChI=1S/C9H17N3O2/c1-9(8(11)14)3-5-12(6-9)4-2-7(10)13/h2-6H2,1H3,(H2,10,13)(H2,11,14). The molecule has 0 aromatic carbocycles. The van der Waals surface area contributed by atoms with Gasteiger partial charge < -0.3 is 16.4 Å². The summed E-state index contributed by atoms with van der Waals surface area (Å²) < 4.78 is 0. The van der Waals surface area contributed by atoms with Gasteiger partial charge in [0.15, 0.2) is 0 Å². The largest absolute Gasteiger partial charge is 0.370 e. The number of likely N-dealkylation sites (tertiary alicyclic amines) is 1. The van der Waals surface area contributed by atoms with E-state index in [1.807, 2.05) is 6.92 Å². The molecule has 1 rings (SSSR count). The number of hydrogen-bond acceptors (Lipinski definition) is 3. The van der Waals surface area contributed by atoms with Crippen molar-refractivity contribution >= 4 is 11.8 Å². The highest BCUT2D eigenvalue weighted by molar-refractivity contribution is 5.81. The van der Waals surface area contributed by atoms with Crippen molar-refractivity contribution in [3.8, 4) is 0 Å². The van der Waals surface area contributed by atoms with Crippen LogP contribution in [0.2, 0.25) is 0 Å². The zero-order valence-electron chi connectivity index (χ0n) is 8.45. The maximum atomic E-state index is 11.1. The van der Waals surface area contributed by atoms with E-state index in [1.54, 1.807) is 0 Å². The van der Waals surface area contributed by atoms with Gasteiger partial charge in [0.1, 0.15) is 0 Å². The molecule has 5 heteroatoms. The maximum absolute atomic E-state index is 11.1. The third-order valence-electron chi connectivity index (χ3n) is 2.82. The molecule has 1 saturated heterocycles. The van der Waals surface area contributed by atoms with Crippen LogP contribution in [0.25, 0.3) is 0 Å². The number of carbonyl (C=O) groups excluding carboxylic acids is 2. The number of hydrogen-bond donors (Lipinski definition) is 2. The monoisotopic (exact) mass is 199 g/mol. The van der Waals surface area contributed by atoms with Crippen LogP contribution in [-0.2, 0) is 9.59 Å². The SMILES string of the molecule is CC1(C(N)=O)CCN(CCC(N)=O)C1.